The first-order valence-corrected chi connectivity index (χ1v) is 5.76. The van der Waals surface area contributed by atoms with Gasteiger partial charge < -0.3 is 5.73 Å². The first-order valence-electron chi connectivity index (χ1n) is 5.76. The largest absolute Gasteiger partial charge is 0.326 e. The van der Waals surface area contributed by atoms with Gasteiger partial charge >= 0.3 is 0 Å². The highest BCUT2D eigenvalue weighted by molar-refractivity contribution is 5.22. The lowest BCUT2D eigenvalue weighted by Crippen LogP contribution is -2.35. The Balaban J connectivity index is 2.25. The van der Waals surface area contributed by atoms with Gasteiger partial charge in [0, 0.05) is 18.6 Å². The fraction of sp³-hybridized carbons (Fsp3) is 0.538. The topological polar surface area (TPSA) is 29.3 Å². The minimum atomic E-state index is 0.287. The number of nitrogens with zero attached hydrogens (tertiary/aromatic N) is 1. The molecule has 0 amide bonds. The summed E-state index contributed by atoms with van der Waals surface area (Å²) in [4.78, 5) is 2.50. The zero-order chi connectivity index (χ0) is 10.8. The lowest BCUT2D eigenvalue weighted by atomic mass is 10.0. The Bertz CT molecular complexity index is 308. The van der Waals surface area contributed by atoms with Crippen molar-refractivity contribution in [2.24, 2.45) is 5.73 Å². The van der Waals surface area contributed by atoms with Crippen LogP contribution in [0, 0.1) is 0 Å². The number of benzene rings is 1. The Morgan fingerprint density at radius 2 is 1.93 bits per heavy atom. The number of hydrogen-bond acceptors (Lipinski definition) is 2. The van der Waals surface area contributed by atoms with Crippen LogP contribution < -0.4 is 5.73 Å². The van der Waals surface area contributed by atoms with Crippen molar-refractivity contribution in [3.63, 3.8) is 0 Å². The van der Waals surface area contributed by atoms with E-state index in [1.807, 2.05) is 0 Å². The van der Waals surface area contributed by atoms with Crippen LogP contribution in [0.25, 0.3) is 0 Å². The first kappa shape index (κ1) is 10.7. The van der Waals surface area contributed by atoms with Crippen LogP contribution in [0.1, 0.15) is 31.9 Å². The monoisotopic (exact) mass is 204 g/mol. The van der Waals surface area contributed by atoms with Crippen LogP contribution in [0.2, 0.25) is 0 Å². The molecule has 2 rings (SSSR count). The molecule has 0 aliphatic carbocycles. The summed E-state index contributed by atoms with van der Waals surface area (Å²) in [5.74, 6) is 0. The fourth-order valence-electron chi connectivity index (χ4n) is 2.51. The van der Waals surface area contributed by atoms with Gasteiger partial charge in [0.25, 0.3) is 0 Å². The summed E-state index contributed by atoms with van der Waals surface area (Å²) in [6, 6.07) is 11.9. The van der Waals surface area contributed by atoms with Gasteiger partial charge in [-0.25, -0.2) is 0 Å². The minimum absolute atomic E-state index is 0.287. The van der Waals surface area contributed by atoms with Crippen LogP contribution in [0.3, 0.4) is 0 Å². The Morgan fingerprint density at radius 3 is 2.53 bits per heavy atom. The Hall–Kier alpha value is -0.860. The fourth-order valence-corrected chi connectivity index (χ4v) is 2.51. The van der Waals surface area contributed by atoms with Gasteiger partial charge in [0.1, 0.15) is 0 Å². The molecule has 2 nitrogen and oxygen atoms in total. The molecule has 1 heterocycles. The quantitative estimate of drug-likeness (QED) is 0.800. The van der Waals surface area contributed by atoms with E-state index in [1.165, 1.54) is 5.56 Å². The van der Waals surface area contributed by atoms with Gasteiger partial charge in [0.15, 0.2) is 0 Å². The maximum absolute atomic E-state index is 6.20. The maximum atomic E-state index is 6.20. The van der Waals surface area contributed by atoms with Crippen LogP contribution in [-0.2, 0) is 0 Å². The lowest BCUT2D eigenvalue weighted by Gasteiger charge is -2.30. The number of nitrogens with two attached hydrogens (primary N) is 1. The summed E-state index contributed by atoms with van der Waals surface area (Å²) in [7, 11) is 0. The molecule has 0 radical (unpaired) electrons. The molecule has 1 aliphatic heterocycles. The highest BCUT2D eigenvalue weighted by Crippen LogP contribution is 2.32. The predicted octanol–water partition coefficient (Wildman–Crippen LogP) is 2.17. The van der Waals surface area contributed by atoms with E-state index in [0.29, 0.717) is 12.1 Å². The zero-order valence-corrected chi connectivity index (χ0v) is 9.56. The molecule has 2 N–H and O–H groups in total. The lowest BCUT2D eigenvalue weighted by molar-refractivity contribution is 0.198. The third-order valence-electron chi connectivity index (χ3n) is 3.29. The third kappa shape index (κ3) is 2.06. The highest BCUT2D eigenvalue weighted by Gasteiger charge is 2.33. The molecule has 1 fully saturated rings. The van der Waals surface area contributed by atoms with Gasteiger partial charge in [-0.3, -0.25) is 4.90 Å². The SMILES string of the molecule is CC(C)N1CC[C@H](N)[C@H]1c1ccccc1. The first-order chi connectivity index (χ1) is 7.20. The standard InChI is InChI=1S/C13H20N2/c1-10(2)15-9-8-12(14)13(15)11-6-4-3-5-7-11/h3-7,10,12-13H,8-9,14H2,1-2H3/t12-,13+/m0/s1. The molecular formula is C13H20N2. The van der Waals surface area contributed by atoms with E-state index in [0.717, 1.165) is 13.0 Å². The van der Waals surface area contributed by atoms with Gasteiger partial charge in [-0.2, -0.15) is 0 Å². The zero-order valence-electron chi connectivity index (χ0n) is 9.56. The molecule has 2 atom stereocenters. The smallest absolute Gasteiger partial charge is 0.0502 e. The van der Waals surface area contributed by atoms with Crippen molar-refractivity contribution in [1.82, 2.24) is 4.90 Å². The minimum Gasteiger partial charge on any atom is -0.326 e. The number of likely N-dealkylation sites (tertiary alicyclic amines) is 1. The van der Waals surface area contributed by atoms with Gasteiger partial charge in [-0.05, 0) is 25.8 Å². The van der Waals surface area contributed by atoms with Crippen LogP contribution in [0.15, 0.2) is 30.3 Å². The van der Waals surface area contributed by atoms with E-state index < -0.39 is 0 Å². The van der Waals surface area contributed by atoms with Crippen molar-refractivity contribution in [3.8, 4) is 0 Å². The van der Waals surface area contributed by atoms with E-state index in [9.17, 15) is 0 Å². The third-order valence-corrected chi connectivity index (χ3v) is 3.29. The highest BCUT2D eigenvalue weighted by atomic mass is 15.2. The Kier molecular flexibility index (Phi) is 3.08. The predicted molar refractivity (Wildman–Crippen MR) is 63.6 cm³/mol. The molecule has 1 aromatic rings. The molecule has 1 aliphatic rings. The van der Waals surface area contributed by atoms with Crippen LogP contribution in [-0.4, -0.2) is 23.5 Å². The van der Waals surface area contributed by atoms with Gasteiger partial charge in [0.2, 0.25) is 0 Å². The Labute approximate surface area is 92.1 Å². The van der Waals surface area contributed by atoms with Crippen molar-refractivity contribution < 1.29 is 0 Å². The van der Waals surface area contributed by atoms with Crippen LogP contribution in [0.4, 0.5) is 0 Å². The average Bonchev–Trinajstić information content (AvgIpc) is 2.61. The van der Waals surface area contributed by atoms with Crippen LogP contribution >= 0.6 is 0 Å². The molecular weight excluding hydrogens is 184 g/mol. The molecule has 15 heavy (non-hydrogen) atoms. The number of hydrogen-bond donors (Lipinski definition) is 1. The van der Waals surface area contributed by atoms with E-state index in [4.69, 9.17) is 5.73 Å². The second kappa shape index (κ2) is 4.33. The van der Waals surface area contributed by atoms with Crippen LogP contribution in [0.5, 0.6) is 0 Å². The van der Waals surface area contributed by atoms with Crippen molar-refractivity contribution in [2.45, 2.75) is 38.4 Å². The molecule has 0 spiro atoms. The van der Waals surface area contributed by atoms with Crippen molar-refractivity contribution in [1.29, 1.82) is 0 Å². The van der Waals surface area contributed by atoms with Crippen molar-refractivity contribution in [3.05, 3.63) is 35.9 Å². The molecule has 0 bridgehead atoms. The maximum Gasteiger partial charge on any atom is 0.0502 e. The van der Waals surface area contributed by atoms with Gasteiger partial charge in [0.05, 0.1) is 6.04 Å². The molecule has 1 aromatic carbocycles. The van der Waals surface area contributed by atoms with E-state index >= 15 is 0 Å². The van der Waals surface area contributed by atoms with E-state index in [-0.39, 0.29) is 6.04 Å². The molecule has 82 valence electrons. The molecule has 0 saturated carbocycles. The van der Waals surface area contributed by atoms with Crippen molar-refractivity contribution in [2.75, 3.05) is 6.54 Å². The summed E-state index contributed by atoms with van der Waals surface area (Å²) < 4.78 is 0. The van der Waals surface area contributed by atoms with Crippen molar-refractivity contribution >= 4 is 0 Å². The average molecular weight is 204 g/mol. The molecule has 0 aromatic heterocycles. The normalized spacial score (nSPS) is 27.5. The Morgan fingerprint density at radius 1 is 1.27 bits per heavy atom. The molecule has 0 unspecified atom stereocenters. The summed E-state index contributed by atoms with van der Waals surface area (Å²) in [5, 5.41) is 0. The summed E-state index contributed by atoms with van der Waals surface area (Å²) >= 11 is 0. The molecule has 2 heteroatoms. The summed E-state index contributed by atoms with van der Waals surface area (Å²) in [5.41, 5.74) is 7.56. The molecule has 1 saturated heterocycles. The van der Waals surface area contributed by atoms with E-state index in [1.54, 1.807) is 0 Å². The van der Waals surface area contributed by atoms with Gasteiger partial charge in [-0.1, -0.05) is 30.3 Å². The summed E-state index contributed by atoms with van der Waals surface area (Å²) in [6.45, 7) is 5.61. The number of rotatable bonds is 2. The summed E-state index contributed by atoms with van der Waals surface area (Å²) in [6.07, 6.45) is 1.11. The second-order valence-electron chi connectivity index (χ2n) is 4.64. The second-order valence-corrected chi connectivity index (χ2v) is 4.64. The van der Waals surface area contributed by atoms with Gasteiger partial charge in [-0.15, -0.1) is 0 Å². The van der Waals surface area contributed by atoms with E-state index in [2.05, 4.69) is 49.1 Å².